The average molecular weight is 233 g/mol. The van der Waals surface area contributed by atoms with Crippen LogP contribution < -0.4 is 10.6 Å². The van der Waals surface area contributed by atoms with Crippen LogP contribution in [0.25, 0.3) is 6.08 Å². The van der Waals surface area contributed by atoms with E-state index in [1.54, 1.807) is 18.2 Å². The van der Waals surface area contributed by atoms with Gasteiger partial charge in [0.05, 0.1) is 12.5 Å². The van der Waals surface area contributed by atoms with Gasteiger partial charge in [-0.05, 0) is 12.1 Å². The van der Waals surface area contributed by atoms with E-state index in [0.717, 1.165) is 0 Å². The van der Waals surface area contributed by atoms with Crippen LogP contribution in [0.5, 0.6) is 0 Å². The van der Waals surface area contributed by atoms with Crippen molar-refractivity contribution in [3.05, 3.63) is 41.8 Å². The highest BCUT2D eigenvalue weighted by Gasteiger charge is 1.97. The molecule has 0 aromatic heterocycles. The molecule has 0 aliphatic rings. The summed E-state index contributed by atoms with van der Waals surface area (Å²) >= 11 is 0. The molecule has 0 unspecified atom stereocenters. The zero-order chi connectivity index (χ0) is 12.5. The van der Waals surface area contributed by atoms with E-state index in [-0.39, 0.29) is 18.8 Å². The number of hydrogen-bond acceptors (Lipinski definition) is 2. The van der Waals surface area contributed by atoms with Crippen LogP contribution in [0.4, 0.5) is 9.18 Å². The number of nitrogens with zero attached hydrogens (tertiary/aromatic N) is 1. The van der Waals surface area contributed by atoms with Crippen molar-refractivity contribution in [2.24, 2.45) is 0 Å². The topological polar surface area (TPSA) is 64.9 Å². The first-order valence-corrected chi connectivity index (χ1v) is 5.06. The predicted molar refractivity (Wildman–Crippen MR) is 62.2 cm³/mol. The second kappa shape index (κ2) is 7.01. The van der Waals surface area contributed by atoms with Gasteiger partial charge in [-0.3, -0.25) is 0 Å². The van der Waals surface area contributed by atoms with E-state index in [2.05, 4.69) is 10.6 Å². The van der Waals surface area contributed by atoms with Gasteiger partial charge in [-0.2, -0.15) is 5.26 Å². The summed E-state index contributed by atoms with van der Waals surface area (Å²) in [5.41, 5.74) is 0.393. The summed E-state index contributed by atoms with van der Waals surface area (Å²) in [6, 6.07) is 7.71. The molecular weight excluding hydrogens is 221 g/mol. The summed E-state index contributed by atoms with van der Waals surface area (Å²) in [7, 11) is 0. The van der Waals surface area contributed by atoms with Gasteiger partial charge in [-0.25, -0.2) is 9.18 Å². The molecular formula is C12H12FN3O. The van der Waals surface area contributed by atoms with Crippen LogP contribution in [0.15, 0.2) is 30.5 Å². The number of carbonyl (C=O) groups excluding carboxylic acids is 1. The Balaban J connectivity index is 2.38. The molecule has 0 bridgehead atoms. The maximum absolute atomic E-state index is 13.1. The van der Waals surface area contributed by atoms with Crippen LogP contribution in [-0.2, 0) is 0 Å². The van der Waals surface area contributed by atoms with Gasteiger partial charge in [0.15, 0.2) is 0 Å². The first-order valence-electron chi connectivity index (χ1n) is 5.06. The van der Waals surface area contributed by atoms with Crippen molar-refractivity contribution in [1.29, 1.82) is 5.26 Å². The van der Waals surface area contributed by atoms with Crippen LogP contribution in [0, 0.1) is 17.1 Å². The molecule has 88 valence electrons. The van der Waals surface area contributed by atoms with Crippen LogP contribution in [0.2, 0.25) is 0 Å². The standard InChI is InChI=1S/C12H12FN3O/c13-11-5-2-1-4-10(11)6-9-16-12(17)15-8-3-7-14/h1-2,4-6,9H,3,8H2,(H2,15,16,17)/b9-6+. The Morgan fingerprint density at radius 3 is 2.94 bits per heavy atom. The predicted octanol–water partition coefficient (Wildman–Crippen LogP) is 2.01. The smallest absolute Gasteiger partial charge is 0.318 e. The lowest BCUT2D eigenvalue weighted by Crippen LogP contribution is -2.32. The van der Waals surface area contributed by atoms with E-state index < -0.39 is 6.03 Å². The van der Waals surface area contributed by atoms with Crippen molar-refractivity contribution in [2.75, 3.05) is 6.54 Å². The monoisotopic (exact) mass is 233 g/mol. The minimum Gasteiger partial charge on any atom is -0.337 e. The summed E-state index contributed by atoms with van der Waals surface area (Å²) < 4.78 is 13.1. The molecule has 0 fully saturated rings. The van der Waals surface area contributed by atoms with Gasteiger partial charge in [0.2, 0.25) is 0 Å². The van der Waals surface area contributed by atoms with Crippen LogP contribution >= 0.6 is 0 Å². The van der Waals surface area contributed by atoms with Gasteiger partial charge in [-0.1, -0.05) is 18.2 Å². The molecule has 0 spiro atoms. The Bertz CT molecular complexity index is 451. The maximum Gasteiger partial charge on any atom is 0.318 e. The van der Waals surface area contributed by atoms with Crippen molar-refractivity contribution in [2.45, 2.75) is 6.42 Å². The Morgan fingerprint density at radius 1 is 1.47 bits per heavy atom. The Kier molecular flexibility index (Phi) is 5.25. The normalized spacial score (nSPS) is 9.88. The Hall–Kier alpha value is -2.35. The second-order valence-corrected chi connectivity index (χ2v) is 3.16. The Labute approximate surface area is 98.8 Å². The number of carbonyl (C=O) groups is 1. The molecule has 0 saturated heterocycles. The van der Waals surface area contributed by atoms with Gasteiger partial charge in [0, 0.05) is 18.3 Å². The zero-order valence-corrected chi connectivity index (χ0v) is 9.11. The van der Waals surface area contributed by atoms with Crippen molar-refractivity contribution < 1.29 is 9.18 Å². The van der Waals surface area contributed by atoms with Crippen molar-refractivity contribution in [3.63, 3.8) is 0 Å². The van der Waals surface area contributed by atoms with Gasteiger partial charge in [-0.15, -0.1) is 0 Å². The van der Waals surface area contributed by atoms with Crippen LogP contribution in [0.1, 0.15) is 12.0 Å². The number of nitrogens with one attached hydrogen (secondary N) is 2. The zero-order valence-electron chi connectivity index (χ0n) is 9.11. The lowest BCUT2D eigenvalue weighted by molar-refractivity contribution is 0.244. The molecule has 0 atom stereocenters. The van der Waals surface area contributed by atoms with Gasteiger partial charge in [0.1, 0.15) is 5.82 Å². The lowest BCUT2D eigenvalue weighted by Gasteiger charge is -2.01. The highest BCUT2D eigenvalue weighted by Crippen LogP contribution is 2.07. The molecule has 17 heavy (non-hydrogen) atoms. The molecule has 1 aromatic carbocycles. The molecule has 1 aromatic rings. The quantitative estimate of drug-likeness (QED) is 0.781. The third kappa shape index (κ3) is 4.80. The molecule has 1 rings (SSSR count). The summed E-state index contributed by atoms with van der Waals surface area (Å²) in [5, 5.41) is 13.1. The van der Waals surface area contributed by atoms with E-state index in [1.807, 2.05) is 6.07 Å². The van der Waals surface area contributed by atoms with E-state index >= 15 is 0 Å². The van der Waals surface area contributed by atoms with Crippen LogP contribution in [-0.4, -0.2) is 12.6 Å². The molecule has 2 amide bonds. The Morgan fingerprint density at radius 2 is 2.24 bits per heavy atom. The molecule has 0 aliphatic heterocycles. The molecule has 0 saturated carbocycles. The number of halogens is 1. The molecule has 2 N–H and O–H groups in total. The largest absolute Gasteiger partial charge is 0.337 e. The van der Waals surface area contributed by atoms with Crippen molar-refractivity contribution in [1.82, 2.24) is 10.6 Å². The van der Waals surface area contributed by atoms with Gasteiger partial charge >= 0.3 is 6.03 Å². The van der Waals surface area contributed by atoms with Gasteiger partial charge < -0.3 is 10.6 Å². The van der Waals surface area contributed by atoms with Crippen LogP contribution in [0.3, 0.4) is 0 Å². The average Bonchev–Trinajstić information content (AvgIpc) is 2.32. The number of benzene rings is 1. The fourth-order valence-electron chi connectivity index (χ4n) is 1.10. The van der Waals surface area contributed by atoms with Gasteiger partial charge in [0.25, 0.3) is 0 Å². The van der Waals surface area contributed by atoms with E-state index in [4.69, 9.17) is 5.26 Å². The highest BCUT2D eigenvalue weighted by atomic mass is 19.1. The summed E-state index contributed by atoms with van der Waals surface area (Å²) in [4.78, 5) is 11.1. The third-order valence-corrected chi connectivity index (χ3v) is 1.90. The summed E-state index contributed by atoms with van der Waals surface area (Å²) in [6.45, 7) is 0.288. The molecule has 0 heterocycles. The second-order valence-electron chi connectivity index (χ2n) is 3.16. The SMILES string of the molecule is N#CCCNC(=O)N/C=C/c1ccccc1F. The first-order chi connectivity index (χ1) is 8.24. The molecule has 4 nitrogen and oxygen atoms in total. The first kappa shape index (κ1) is 12.7. The number of hydrogen-bond donors (Lipinski definition) is 2. The van der Waals surface area contributed by atoms with E-state index in [0.29, 0.717) is 5.56 Å². The highest BCUT2D eigenvalue weighted by molar-refractivity contribution is 5.75. The number of amides is 2. The number of urea groups is 1. The third-order valence-electron chi connectivity index (χ3n) is 1.90. The lowest BCUT2D eigenvalue weighted by atomic mass is 10.2. The minimum absolute atomic E-state index is 0.254. The minimum atomic E-state index is -0.423. The summed E-state index contributed by atoms with van der Waals surface area (Å²) in [6.07, 6.45) is 3.06. The van der Waals surface area contributed by atoms with Crippen molar-refractivity contribution in [3.8, 4) is 6.07 Å². The molecule has 0 aliphatic carbocycles. The molecule has 0 radical (unpaired) electrons. The van der Waals surface area contributed by atoms with E-state index in [1.165, 1.54) is 18.3 Å². The fourth-order valence-corrected chi connectivity index (χ4v) is 1.10. The van der Waals surface area contributed by atoms with E-state index in [9.17, 15) is 9.18 Å². The number of rotatable bonds is 4. The fraction of sp³-hybridized carbons (Fsp3) is 0.167. The molecule has 5 heteroatoms. The number of nitriles is 1. The summed E-state index contributed by atoms with van der Waals surface area (Å²) in [5.74, 6) is -0.351. The van der Waals surface area contributed by atoms with Crippen molar-refractivity contribution >= 4 is 12.1 Å². The maximum atomic E-state index is 13.1.